The van der Waals surface area contributed by atoms with Crippen LogP contribution in [0.15, 0.2) is 23.5 Å². The van der Waals surface area contributed by atoms with E-state index in [1.807, 2.05) is 0 Å². The van der Waals surface area contributed by atoms with Crippen molar-refractivity contribution in [1.29, 1.82) is 0 Å². The first-order chi connectivity index (χ1) is 4.70. The largest absolute Gasteiger partial charge is 0.508 e. The van der Waals surface area contributed by atoms with E-state index in [2.05, 4.69) is 0 Å². The van der Waals surface area contributed by atoms with Gasteiger partial charge in [0.15, 0.2) is 5.78 Å². The second-order valence-corrected chi connectivity index (χ2v) is 2.39. The summed E-state index contributed by atoms with van der Waals surface area (Å²) in [5, 5.41) is 8.96. The number of aliphatic hydroxyl groups is 1. The van der Waals surface area contributed by atoms with Gasteiger partial charge >= 0.3 is 0 Å². The Morgan fingerprint density at radius 3 is 2.80 bits per heavy atom. The topological polar surface area (TPSA) is 37.3 Å². The highest BCUT2D eigenvalue weighted by Crippen LogP contribution is 2.15. The number of carbonyl (C=O) groups is 1. The molecule has 0 atom stereocenters. The molecular weight excluding hydrogens is 128 g/mol. The zero-order chi connectivity index (χ0) is 7.56. The predicted octanol–water partition coefficient (Wildman–Crippen LogP) is 1.74. The third-order valence-electron chi connectivity index (χ3n) is 1.54. The molecule has 0 radical (unpaired) electrons. The molecule has 54 valence electrons. The molecule has 0 bridgehead atoms. The summed E-state index contributed by atoms with van der Waals surface area (Å²) in [7, 11) is 0. The molecule has 1 aliphatic carbocycles. The van der Waals surface area contributed by atoms with Crippen LogP contribution in [0.4, 0.5) is 0 Å². The Morgan fingerprint density at radius 2 is 2.40 bits per heavy atom. The van der Waals surface area contributed by atoms with Crippen molar-refractivity contribution in [2.24, 2.45) is 0 Å². The van der Waals surface area contributed by atoms with Crippen LogP contribution >= 0.6 is 0 Å². The second kappa shape index (κ2) is 2.69. The van der Waals surface area contributed by atoms with Gasteiger partial charge in [-0.2, -0.15) is 0 Å². The molecule has 0 aliphatic heterocycles. The minimum absolute atomic E-state index is 0.0552. The van der Waals surface area contributed by atoms with Gasteiger partial charge in [0.25, 0.3) is 0 Å². The van der Waals surface area contributed by atoms with Crippen molar-refractivity contribution in [3.63, 3.8) is 0 Å². The van der Waals surface area contributed by atoms with Gasteiger partial charge in [-0.15, -0.1) is 0 Å². The second-order valence-electron chi connectivity index (χ2n) is 2.39. The maximum absolute atomic E-state index is 10.7. The van der Waals surface area contributed by atoms with Gasteiger partial charge in [0.1, 0.15) is 5.76 Å². The van der Waals surface area contributed by atoms with Crippen LogP contribution in [0.3, 0.4) is 0 Å². The fraction of sp³-hybridized carbons (Fsp3) is 0.375. The summed E-state index contributed by atoms with van der Waals surface area (Å²) in [5.41, 5.74) is 0.722. The average Bonchev–Trinajstić information content (AvgIpc) is 1.88. The normalized spacial score (nSPS) is 17.7. The molecule has 0 amide bonds. The van der Waals surface area contributed by atoms with Gasteiger partial charge in [-0.1, -0.05) is 0 Å². The highest BCUT2D eigenvalue weighted by Gasteiger charge is 2.07. The van der Waals surface area contributed by atoms with Crippen LogP contribution in [0.1, 0.15) is 19.8 Å². The zero-order valence-electron chi connectivity index (χ0n) is 5.92. The quantitative estimate of drug-likeness (QED) is 0.599. The van der Waals surface area contributed by atoms with E-state index in [1.54, 1.807) is 6.08 Å². The first-order valence-electron chi connectivity index (χ1n) is 3.31. The van der Waals surface area contributed by atoms with Crippen LogP contribution in [0.2, 0.25) is 0 Å². The van der Waals surface area contributed by atoms with E-state index < -0.39 is 0 Å². The van der Waals surface area contributed by atoms with E-state index in [1.165, 1.54) is 13.0 Å². The first kappa shape index (κ1) is 7.06. The summed E-state index contributed by atoms with van der Waals surface area (Å²) in [5.74, 6) is 0.274. The van der Waals surface area contributed by atoms with Gasteiger partial charge in [-0.3, -0.25) is 4.79 Å². The molecule has 0 fully saturated rings. The number of hydrogen-bond donors (Lipinski definition) is 1. The highest BCUT2D eigenvalue weighted by molar-refractivity contribution is 5.93. The monoisotopic (exact) mass is 138 g/mol. The Balaban J connectivity index is 2.78. The molecule has 2 heteroatoms. The molecule has 0 unspecified atom stereocenters. The minimum Gasteiger partial charge on any atom is -0.508 e. The maximum Gasteiger partial charge on any atom is 0.155 e. The van der Waals surface area contributed by atoms with E-state index in [0.29, 0.717) is 0 Å². The van der Waals surface area contributed by atoms with Crippen LogP contribution in [0, 0.1) is 0 Å². The van der Waals surface area contributed by atoms with Crippen LogP contribution in [-0.2, 0) is 4.79 Å². The minimum atomic E-state index is 0.0552. The molecule has 0 saturated carbocycles. The summed E-state index contributed by atoms with van der Waals surface area (Å²) >= 11 is 0. The molecule has 1 N–H and O–H groups in total. The molecule has 1 rings (SSSR count). The Kier molecular flexibility index (Phi) is 1.90. The number of carbonyl (C=O) groups excluding carboxylic acids is 1. The summed E-state index contributed by atoms with van der Waals surface area (Å²) in [6.07, 6.45) is 4.79. The molecule has 10 heavy (non-hydrogen) atoms. The van der Waals surface area contributed by atoms with Crippen molar-refractivity contribution in [3.8, 4) is 0 Å². The molecule has 0 spiro atoms. The lowest BCUT2D eigenvalue weighted by atomic mass is 10.0. The Hall–Kier alpha value is -1.05. The number of allylic oxidation sites excluding steroid dienone is 3. The van der Waals surface area contributed by atoms with Crippen molar-refractivity contribution in [2.75, 3.05) is 0 Å². The zero-order valence-corrected chi connectivity index (χ0v) is 5.92. The number of aliphatic hydroxyl groups excluding tert-OH is 1. The van der Waals surface area contributed by atoms with Crippen molar-refractivity contribution in [1.82, 2.24) is 0 Å². The fourth-order valence-electron chi connectivity index (χ4n) is 0.963. The SMILES string of the molecule is CC(=O)C1=CC(O)=CCC1. The van der Waals surface area contributed by atoms with E-state index in [9.17, 15) is 4.79 Å². The van der Waals surface area contributed by atoms with Crippen molar-refractivity contribution < 1.29 is 9.90 Å². The number of rotatable bonds is 1. The molecule has 1 aliphatic rings. The van der Waals surface area contributed by atoms with E-state index >= 15 is 0 Å². The molecule has 0 aromatic heterocycles. The van der Waals surface area contributed by atoms with Crippen molar-refractivity contribution in [2.45, 2.75) is 19.8 Å². The first-order valence-corrected chi connectivity index (χ1v) is 3.31. The standard InChI is InChI=1S/C8H10O2/c1-6(9)7-3-2-4-8(10)5-7/h4-5,10H,2-3H2,1H3. The predicted molar refractivity (Wildman–Crippen MR) is 38.7 cm³/mol. The van der Waals surface area contributed by atoms with Gasteiger partial charge in [-0.25, -0.2) is 0 Å². The molecule has 0 aromatic carbocycles. The Bertz CT molecular complexity index is 211. The third kappa shape index (κ3) is 1.47. The third-order valence-corrected chi connectivity index (χ3v) is 1.54. The highest BCUT2D eigenvalue weighted by atomic mass is 16.3. The Morgan fingerprint density at radius 1 is 1.70 bits per heavy atom. The summed E-state index contributed by atoms with van der Waals surface area (Å²) in [4.78, 5) is 10.7. The fourth-order valence-corrected chi connectivity index (χ4v) is 0.963. The van der Waals surface area contributed by atoms with Gasteiger partial charge in [0.2, 0.25) is 0 Å². The molecule has 2 nitrogen and oxygen atoms in total. The molecule has 0 aromatic rings. The van der Waals surface area contributed by atoms with E-state index in [4.69, 9.17) is 5.11 Å². The van der Waals surface area contributed by atoms with E-state index in [-0.39, 0.29) is 11.5 Å². The van der Waals surface area contributed by atoms with Crippen molar-refractivity contribution in [3.05, 3.63) is 23.5 Å². The summed E-state index contributed by atoms with van der Waals surface area (Å²) in [6, 6.07) is 0. The summed E-state index contributed by atoms with van der Waals surface area (Å²) in [6.45, 7) is 1.52. The van der Waals surface area contributed by atoms with Gasteiger partial charge in [0.05, 0.1) is 0 Å². The van der Waals surface area contributed by atoms with Crippen LogP contribution < -0.4 is 0 Å². The van der Waals surface area contributed by atoms with Crippen LogP contribution in [0.25, 0.3) is 0 Å². The molecular formula is C8H10O2. The maximum atomic E-state index is 10.7. The van der Waals surface area contributed by atoms with Gasteiger partial charge < -0.3 is 5.11 Å². The van der Waals surface area contributed by atoms with E-state index in [0.717, 1.165) is 18.4 Å². The van der Waals surface area contributed by atoms with Gasteiger partial charge in [-0.05, 0) is 37.5 Å². The molecule has 0 heterocycles. The number of Topliss-reactive ketones (excluding diaryl/α,β-unsaturated/α-hetero) is 1. The Labute approximate surface area is 59.9 Å². The lowest BCUT2D eigenvalue weighted by Gasteiger charge is -2.06. The lowest BCUT2D eigenvalue weighted by Crippen LogP contribution is -2.00. The number of hydrogen-bond acceptors (Lipinski definition) is 2. The lowest BCUT2D eigenvalue weighted by molar-refractivity contribution is -0.113. The summed E-state index contributed by atoms with van der Waals surface area (Å²) < 4.78 is 0. The average molecular weight is 138 g/mol. The smallest absolute Gasteiger partial charge is 0.155 e. The van der Waals surface area contributed by atoms with Crippen LogP contribution in [-0.4, -0.2) is 10.9 Å². The van der Waals surface area contributed by atoms with Crippen molar-refractivity contribution >= 4 is 5.78 Å². The number of ketones is 1. The van der Waals surface area contributed by atoms with Gasteiger partial charge in [0, 0.05) is 0 Å². The van der Waals surface area contributed by atoms with Crippen LogP contribution in [0.5, 0.6) is 0 Å². The molecule has 0 saturated heterocycles.